The van der Waals surface area contributed by atoms with E-state index in [2.05, 4.69) is 18.7 Å². The Balaban J connectivity index is 1.89. The highest BCUT2D eigenvalue weighted by Crippen LogP contribution is 2.28. The van der Waals surface area contributed by atoms with Crippen molar-refractivity contribution in [3.05, 3.63) is 0 Å². The van der Waals surface area contributed by atoms with Gasteiger partial charge in [0.25, 0.3) is 0 Å². The molecule has 2 N–H and O–H groups in total. The number of nitrogens with two attached hydrogens (primary N) is 1. The van der Waals surface area contributed by atoms with E-state index < -0.39 is 0 Å². The molecule has 2 aliphatic heterocycles. The molecule has 2 saturated heterocycles. The lowest BCUT2D eigenvalue weighted by Gasteiger charge is -2.43. The minimum atomic E-state index is -0.346. The van der Waals surface area contributed by atoms with Crippen molar-refractivity contribution in [2.45, 2.75) is 45.6 Å². The lowest BCUT2D eigenvalue weighted by atomic mass is 9.80. The normalized spacial score (nSPS) is 22.5. The number of rotatable bonds is 5. The van der Waals surface area contributed by atoms with Gasteiger partial charge in [-0.15, -0.1) is 0 Å². The largest absolute Gasteiger partial charge is 0.381 e. The van der Waals surface area contributed by atoms with Crippen molar-refractivity contribution in [2.24, 2.45) is 11.1 Å². The van der Waals surface area contributed by atoms with Crippen LogP contribution in [0.15, 0.2) is 0 Å². The summed E-state index contributed by atoms with van der Waals surface area (Å²) in [5.74, 6) is 0.265. The molecule has 2 aliphatic rings. The van der Waals surface area contributed by atoms with E-state index in [1.54, 1.807) is 0 Å². The first kappa shape index (κ1) is 16.7. The average Bonchev–Trinajstić information content (AvgIpc) is 2.58. The molecule has 0 atom stereocenters. The highest BCUT2D eigenvalue weighted by molar-refractivity contribution is 5.83. The Bertz CT molecular complexity index is 322. The minimum absolute atomic E-state index is 0.265. The number of piperazine rings is 1. The van der Waals surface area contributed by atoms with Crippen LogP contribution in [0.5, 0.6) is 0 Å². The van der Waals surface area contributed by atoms with E-state index in [9.17, 15) is 4.79 Å². The second-order valence-corrected chi connectivity index (χ2v) is 6.36. The summed E-state index contributed by atoms with van der Waals surface area (Å²) in [5.41, 5.74) is 5.56. The third kappa shape index (κ3) is 3.58. The maximum absolute atomic E-state index is 12.8. The van der Waals surface area contributed by atoms with Gasteiger partial charge in [0.1, 0.15) is 0 Å². The van der Waals surface area contributed by atoms with E-state index in [1.807, 2.05) is 4.90 Å². The highest BCUT2D eigenvalue weighted by Gasteiger charge is 2.38. The van der Waals surface area contributed by atoms with Crippen LogP contribution < -0.4 is 5.73 Å². The monoisotopic (exact) mass is 297 g/mol. The van der Waals surface area contributed by atoms with Gasteiger partial charge in [0.2, 0.25) is 5.91 Å². The van der Waals surface area contributed by atoms with Crippen molar-refractivity contribution in [2.75, 3.05) is 45.9 Å². The van der Waals surface area contributed by atoms with Gasteiger partial charge in [0, 0.05) is 52.0 Å². The summed E-state index contributed by atoms with van der Waals surface area (Å²) >= 11 is 0. The fourth-order valence-electron chi connectivity index (χ4n) is 3.60. The topological polar surface area (TPSA) is 58.8 Å². The van der Waals surface area contributed by atoms with Gasteiger partial charge in [0.15, 0.2) is 0 Å². The maximum Gasteiger partial charge on any atom is 0.230 e. The van der Waals surface area contributed by atoms with Crippen molar-refractivity contribution in [3.8, 4) is 0 Å². The fourth-order valence-corrected chi connectivity index (χ4v) is 3.60. The number of carbonyl (C=O) groups is 1. The Hall–Kier alpha value is -0.650. The van der Waals surface area contributed by atoms with Crippen molar-refractivity contribution in [3.63, 3.8) is 0 Å². The molecule has 0 aromatic rings. The summed E-state index contributed by atoms with van der Waals surface area (Å²) in [6.07, 6.45) is 3.92. The van der Waals surface area contributed by atoms with Crippen LogP contribution in [0.1, 0.15) is 39.5 Å². The van der Waals surface area contributed by atoms with Crippen LogP contribution in [0, 0.1) is 5.41 Å². The van der Waals surface area contributed by atoms with Crippen molar-refractivity contribution in [1.29, 1.82) is 0 Å². The zero-order valence-electron chi connectivity index (χ0n) is 13.6. The SMILES string of the molecule is CCC(CC)(CN)C(=O)N1CCN(C2CCOCC2)CC1. The van der Waals surface area contributed by atoms with Crippen LogP contribution in [-0.4, -0.2) is 67.7 Å². The van der Waals surface area contributed by atoms with Crippen molar-refractivity contribution in [1.82, 2.24) is 9.80 Å². The predicted molar refractivity (Wildman–Crippen MR) is 84.1 cm³/mol. The number of amides is 1. The second kappa shape index (κ2) is 7.56. The Kier molecular flexibility index (Phi) is 6.02. The first-order valence-corrected chi connectivity index (χ1v) is 8.48. The molecule has 5 heteroatoms. The number of hydrogen-bond donors (Lipinski definition) is 1. The molecule has 0 aromatic heterocycles. The molecule has 5 nitrogen and oxygen atoms in total. The number of hydrogen-bond acceptors (Lipinski definition) is 4. The molecule has 0 bridgehead atoms. The zero-order valence-corrected chi connectivity index (χ0v) is 13.6. The van der Waals surface area contributed by atoms with Gasteiger partial charge in [-0.25, -0.2) is 0 Å². The summed E-state index contributed by atoms with van der Waals surface area (Å²) in [4.78, 5) is 17.4. The number of nitrogens with zero attached hydrogens (tertiary/aromatic N) is 2. The molecule has 0 aliphatic carbocycles. The van der Waals surface area contributed by atoms with Crippen molar-refractivity contribution < 1.29 is 9.53 Å². The van der Waals surface area contributed by atoms with Crippen LogP contribution in [0.2, 0.25) is 0 Å². The van der Waals surface area contributed by atoms with E-state index in [0.29, 0.717) is 12.6 Å². The lowest BCUT2D eigenvalue weighted by molar-refractivity contribution is -0.144. The molecule has 0 spiro atoms. The Labute approximate surface area is 128 Å². The molecule has 1 amide bonds. The van der Waals surface area contributed by atoms with Gasteiger partial charge in [-0.3, -0.25) is 9.69 Å². The molecule has 2 rings (SSSR count). The molecule has 0 unspecified atom stereocenters. The van der Waals surface area contributed by atoms with Crippen molar-refractivity contribution >= 4 is 5.91 Å². The summed E-state index contributed by atoms with van der Waals surface area (Å²) in [5, 5.41) is 0. The lowest BCUT2D eigenvalue weighted by Crippen LogP contribution is -2.57. The van der Waals surface area contributed by atoms with Crippen LogP contribution in [0.4, 0.5) is 0 Å². The average molecular weight is 297 g/mol. The molecule has 0 saturated carbocycles. The van der Waals surface area contributed by atoms with E-state index in [4.69, 9.17) is 10.5 Å². The standard InChI is InChI=1S/C16H31N3O2/c1-3-16(4-2,13-17)15(20)19-9-7-18(8-10-19)14-5-11-21-12-6-14/h14H,3-13,17H2,1-2H3. The predicted octanol–water partition coefficient (Wildman–Crippen LogP) is 1.07. The van der Waals surface area contributed by atoms with Gasteiger partial charge in [0.05, 0.1) is 5.41 Å². The first-order chi connectivity index (χ1) is 10.2. The summed E-state index contributed by atoms with van der Waals surface area (Å²) in [7, 11) is 0. The molecule has 0 aromatic carbocycles. The van der Waals surface area contributed by atoms with E-state index in [-0.39, 0.29) is 11.3 Å². The van der Waals surface area contributed by atoms with Crippen LogP contribution >= 0.6 is 0 Å². The molecule has 21 heavy (non-hydrogen) atoms. The smallest absolute Gasteiger partial charge is 0.230 e. The molecule has 0 radical (unpaired) electrons. The summed E-state index contributed by atoms with van der Waals surface area (Å²) < 4.78 is 5.43. The quantitative estimate of drug-likeness (QED) is 0.825. The summed E-state index contributed by atoms with van der Waals surface area (Å²) in [6.45, 7) is 10.0. The minimum Gasteiger partial charge on any atom is -0.381 e. The Morgan fingerprint density at radius 2 is 1.71 bits per heavy atom. The number of carbonyl (C=O) groups excluding carboxylic acids is 1. The third-order valence-corrected chi connectivity index (χ3v) is 5.51. The highest BCUT2D eigenvalue weighted by atomic mass is 16.5. The van der Waals surface area contributed by atoms with Gasteiger partial charge in [-0.05, 0) is 25.7 Å². The van der Waals surface area contributed by atoms with Gasteiger partial charge in [-0.2, -0.15) is 0 Å². The summed E-state index contributed by atoms with van der Waals surface area (Å²) in [6, 6.07) is 0.646. The fraction of sp³-hybridized carbons (Fsp3) is 0.938. The number of ether oxygens (including phenoxy) is 1. The molecule has 2 heterocycles. The maximum atomic E-state index is 12.8. The van der Waals surface area contributed by atoms with E-state index in [0.717, 1.165) is 65.1 Å². The first-order valence-electron chi connectivity index (χ1n) is 8.48. The molecular weight excluding hydrogens is 266 g/mol. The third-order valence-electron chi connectivity index (χ3n) is 5.51. The zero-order chi connectivity index (χ0) is 15.3. The van der Waals surface area contributed by atoms with Gasteiger partial charge >= 0.3 is 0 Å². The van der Waals surface area contributed by atoms with Crippen LogP contribution in [0.25, 0.3) is 0 Å². The Morgan fingerprint density at radius 1 is 1.14 bits per heavy atom. The van der Waals surface area contributed by atoms with Crippen LogP contribution in [0.3, 0.4) is 0 Å². The second-order valence-electron chi connectivity index (χ2n) is 6.36. The molecule has 2 fully saturated rings. The van der Waals surface area contributed by atoms with E-state index >= 15 is 0 Å². The van der Waals surface area contributed by atoms with E-state index in [1.165, 1.54) is 0 Å². The van der Waals surface area contributed by atoms with Gasteiger partial charge < -0.3 is 15.4 Å². The molecular formula is C16H31N3O2. The molecule has 122 valence electrons. The van der Waals surface area contributed by atoms with Gasteiger partial charge in [-0.1, -0.05) is 13.8 Å². The Morgan fingerprint density at radius 3 is 2.19 bits per heavy atom. The van der Waals surface area contributed by atoms with Crippen LogP contribution in [-0.2, 0) is 9.53 Å².